The predicted molar refractivity (Wildman–Crippen MR) is 126 cm³/mol. The number of anilines is 1. The Morgan fingerprint density at radius 1 is 0.938 bits per heavy atom. The van der Waals surface area contributed by atoms with E-state index in [4.69, 9.17) is 0 Å². The summed E-state index contributed by atoms with van der Waals surface area (Å²) >= 11 is 1.26. The molecule has 4 rings (SSSR count). The summed E-state index contributed by atoms with van der Waals surface area (Å²) in [6.45, 7) is 1.50. The van der Waals surface area contributed by atoms with Crippen LogP contribution < -0.4 is 4.90 Å². The molecular formula is C25H21N3O3S. The number of hydrogen-bond acceptors (Lipinski definition) is 5. The lowest BCUT2D eigenvalue weighted by Gasteiger charge is -2.19. The largest absolute Gasteiger partial charge is 0.480 e. The SMILES string of the molecule is CCc1ccc(N(CC(=O)O)C(=O)c2nc(-c3ccccc3)c(-c3ccccc3)s2)cn1. The van der Waals surface area contributed by atoms with Crippen LogP contribution in [-0.4, -0.2) is 33.5 Å². The second kappa shape index (κ2) is 9.53. The van der Waals surface area contributed by atoms with Crippen LogP contribution in [0.15, 0.2) is 79.0 Å². The first-order valence-corrected chi connectivity index (χ1v) is 11.0. The molecule has 0 bridgehead atoms. The highest BCUT2D eigenvalue weighted by Crippen LogP contribution is 2.37. The van der Waals surface area contributed by atoms with Gasteiger partial charge < -0.3 is 5.11 Å². The minimum atomic E-state index is -1.11. The van der Waals surface area contributed by atoms with E-state index < -0.39 is 18.4 Å². The second-order valence-electron chi connectivity index (χ2n) is 7.08. The van der Waals surface area contributed by atoms with Gasteiger partial charge in [0.1, 0.15) is 6.54 Å². The first-order chi connectivity index (χ1) is 15.6. The van der Waals surface area contributed by atoms with Crippen molar-refractivity contribution in [2.24, 2.45) is 0 Å². The summed E-state index contributed by atoms with van der Waals surface area (Å²) in [7, 11) is 0. The van der Waals surface area contributed by atoms with E-state index in [1.807, 2.05) is 67.6 Å². The summed E-state index contributed by atoms with van der Waals surface area (Å²) < 4.78 is 0. The normalized spacial score (nSPS) is 10.7. The fourth-order valence-corrected chi connectivity index (χ4v) is 4.35. The number of pyridine rings is 1. The Kier molecular flexibility index (Phi) is 6.37. The number of nitrogens with zero attached hydrogens (tertiary/aromatic N) is 3. The smallest absolute Gasteiger partial charge is 0.323 e. The van der Waals surface area contributed by atoms with Gasteiger partial charge in [-0.15, -0.1) is 11.3 Å². The van der Waals surface area contributed by atoms with Gasteiger partial charge in [0.15, 0.2) is 5.01 Å². The molecule has 7 heteroatoms. The number of rotatable bonds is 7. The molecule has 0 saturated heterocycles. The lowest BCUT2D eigenvalue weighted by molar-refractivity contribution is -0.135. The molecule has 0 spiro atoms. The Balaban J connectivity index is 1.79. The van der Waals surface area contributed by atoms with Crippen LogP contribution in [0, 0.1) is 0 Å². The van der Waals surface area contributed by atoms with Gasteiger partial charge in [-0.25, -0.2) is 4.98 Å². The van der Waals surface area contributed by atoms with E-state index in [9.17, 15) is 14.7 Å². The van der Waals surface area contributed by atoms with Gasteiger partial charge in [-0.1, -0.05) is 67.6 Å². The number of thiazole rings is 1. The Morgan fingerprint density at radius 3 is 2.16 bits per heavy atom. The minimum Gasteiger partial charge on any atom is -0.480 e. The van der Waals surface area contributed by atoms with Crippen molar-refractivity contribution in [3.8, 4) is 21.7 Å². The number of carboxylic acids is 1. The van der Waals surface area contributed by atoms with Gasteiger partial charge in [0.05, 0.1) is 22.5 Å². The van der Waals surface area contributed by atoms with Crippen LogP contribution in [0.3, 0.4) is 0 Å². The number of aliphatic carboxylic acids is 1. The summed E-state index contributed by atoms with van der Waals surface area (Å²) in [5, 5.41) is 9.65. The number of aromatic nitrogens is 2. The van der Waals surface area contributed by atoms with Gasteiger partial charge in [-0.3, -0.25) is 19.5 Å². The van der Waals surface area contributed by atoms with E-state index in [1.165, 1.54) is 22.4 Å². The zero-order valence-corrected chi connectivity index (χ0v) is 18.2. The van der Waals surface area contributed by atoms with Crippen molar-refractivity contribution >= 4 is 28.9 Å². The molecule has 2 aromatic carbocycles. The van der Waals surface area contributed by atoms with Gasteiger partial charge >= 0.3 is 5.97 Å². The Morgan fingerprint density at radius 2 is 1.59 bits per heavy atom. The van der Waals surface area contributed by atoms with Gasteiger partial charge in [-0.2, -0.15) is 0 Å². The molecule has 0 aliphatic carbocycles. The topological polar surface area (TPSA) is 83.4 Å². The number of carboxylic acid groups (broad SMARTS) is 1. The zero-order valence-electron chi connectivity index (χ0n) is 17.4. The fraction of sp³-hybridized carbons (Fsp3) is 0.120. The Bertz CT molecular complexity index is 1170. The van der Waals surface area contributed by atoms with E-state index >= 15 is 0 Å². The summed E-state index contributed by atoms with van der Waals surface area (Å²) in [5.74, 6) is -1.58. The third-order valence-electron chi connectivity index (χ3n) is 4.91. The molecule has 0 aliphatic rings. The molecule has 4 aromatic rings. The Hall–Kier alpha value is -3.84. The highest BCUT2D eigenvalue weighted by molar-refractivity contribution is 7.17. The van der Waals surface area contributed by atoms with Crippen molar-refractivity contribution < 1.29 is 14.7 Å². The first kappa shape index (κ1) is 21.4. The average Bonchev–Trinajstić information content (AvgIpc) is 3.29. The number of hydrogen-bond donors (Lipinski definition) is 1. The van der Waals surface area contributed by atoms with Crippen LogP contribution in [-0.2, 0) is 11.2 Å². The zero-order chi connectivity index (χ0) is 22.5. The molecule has 160 valence electrons. The van der Waals surface area contributed by atoms with Crippen molar-refractivity contribution in [2.75, 3.05) is 11.4 Å². The van der Waals surface area contributed by atoms with Gasteiger partial charge in [-0.05, 0) is 24.1 Å². The molecule has 0 unspecified atom stereocenters. The molecule has 0 radical (unpaired) electrons. The number of aryl methyl sites for hydroxylation is 1. The lowest BCUT2D eigenvalue weighted by Crippen LogP contribution is -2.35. The average molecular weight is 444 g/mol. The molecule has 1 amide bonds. The van der Waals surface area contributed by atoms with Gasteiger partial charge in [0, 0.05) is 11.3 Å². The maximum Gasteiger partial charge on any atom is 0.323 e. The third-order valence-corrected chi connectivity index (χ3v) is 6.01. The van der Waals surface area contributed by atoms with Crippen molar-refractivity contribution in [2.45, 2.75) is 13.3 Å². The van der Waals surface area contributed by atoms with E-state index in [0.717, 1.165) is 28.1 Å². The first-order valence-electron chi connectivity index (χ1n) is 10.2. The number of carbonyl (C=O) groups is 2. The van der Waals surface area contributed by atoms with E-state index in [0.29, 0.717) is 11.4 Å². The fourth-order valence-electron chi connectivity index (χ4n) is 3.31. The molecule has 6 nitrogen and oxygen atoms in total. The molecule has 0 atom stereocenters. The third kappa shape index (κ3) is 4.58. The molecular weight excluding hydrogens is 422 g/mol. The standard InChI is InChI=1S/C25H21N3O3S/c1-2-19-13-14-20(15-26-19)28(16-21(29)30)25(31)24-27-22(17-9-5-3-6-10-17)23(32-24)18-11-7-4-8-12-18/h3-15H,2,16H2,1H3,(H,29,30). The molecule has 0 saturated carbocycles. The quantitative estimate of drug-likeness (QED) is 0.426. The Labute approximate surface area is 189 Å². The van der Waals surface area contributed by atoms with E-state index in [1.54, 1.807) is 12.1 Å². The van der Waals surface area contributed by atoms with Crippen molar-refractivity contribution in [3.05, 3.63) is 89.7 Å². The van der Waals surface area contributed by atoms with Crippen LogP contribution in [0.5, 0.6) is 0 Å². The molecule has 2 heterocycles. The van der Waals surface area contributed by atoms with Crippen LogP contribution in [0.1, 0.15) is 22.4 Å². The summed E-state index contributed by atoms with van der Waals surface area (Å²) in [6, 6.07) is 22.9. The summed E-state index contributed by atoms with van der Waals surface area (Å²) in [4.78, 5) is 36.0. The van der Waals surface area contributed by atoms with Crippen LogP contribution in [0.2, 0.25) is 0 Å². The summed E-state index contributed by atoms with van der Waals surface area (Å²) in [6.07, 6.45) is 2.28. The summed E-state index contributed by atoms with van der Waals surface area (Å²) in [5.41, 5.74) is 3.82. The molecule has 2 aromatic heterocycles. The van der Waals surface area contributed by atoms with Gasteiger partial charge in [0.2, 0.25) is 0 Å². The van der Waals surface area contributed by atoms with E-state index in [2.05, 4.69) is 9.97 Å². The molecule has 0 aliphatic heterocycles. The van der Waals surface area contributed by atoms with Crippen LogP contribution >= 0.6 is 11.3 Å². The van der Waals surface area contributed by atoms with Crippen molar-refractivity contribution in [3.63, 3.8) is 0 Å². The molecule has 0 fully saturated rings. The second-order valence-corrected chi connectivity index (χ2v) is 8.07. The minimum absolute atomic E-state index is 0.225. The number of amides is 1. The van der Waals surface area contributed by atoms with Gasteiger partial charge in [0.25, 0.3) is 5.91 Å². The highest BCUT2D eigenvalue weighted by Gasteiger charge is 2.26. The van der Waals surface area contributed by atoms with E-state index in [-0.39, 0.29) is 5.01 Å². The maximum absolute atomic E-state index is 13.4. The lowest BCUT2D eigenvalue weighted by atomic mass is 10.1. The highest BCUT2D eigenvalue weighted by atomic mass is 32.1. The molecule has 1 N–H and O–H groups in total. The number of carbonyl (C=O) groups excluding carboxylic acids is 1. The maximum atomic E-state index is 13.4. The van der Waals surface area contributed by atoms with Crippen molar-refractivity contribution in [1.82, 2.24) is 9.97 Å². The predicted octanol–water partition coefficient (Wildman–Crippen LogP) is 5.17. The van der Waals surface area contributed by atoms with Crippen LogP contribution in [0.25, 0.3) is 21.7 Å². The molecule has 32 heavy (non-hydrogen) atoms. The monoisotopic (exact) mass is 443 g/mol. The van der Waals surface area contributed by atoms with Crippen molar-refractivity contribution in [1.29, 1.82) is 0 Å². The number of benzene rings is 2. The van der Waals surface area contributed by atoms with Crippen LogP contribution in [0.4, 0.5) is 5.69 Å².